The third-order valence-electron chi connectivity index (χ3n) is 3.40. The molecule has 0 aromatic heterocycles. The smallest absolute Gasteiger partial charge is 0.221 e. The summed E-state index contributed by atoms with van der Waals surface area (Å²) in [6.07, 6.45) is 1.23. The molecule has 0 atom stereocenters. The second-order valence-corrected chi connectivity index (χ2v) is 5.57. The summed E-state index contributed by atoms with van der Waals surface area (Å²) in [5.74, 6) is 0.830. The van der Waals surface area contributed by atoms with Crippen LogP contribution in [0.25, 0.3) is 0 Å². The van der Waals surface area contributed by atoms with Crippen molar-refractivity contribution in [2.45, 2.75) is 12.8 Å². The van der Waals surface area contributed by atoms with Crippen molar-refractivity contribution in [1.82, 2.24) is 5.32 Å². The molecule has 4 nitrogen and oxygen atoms in total. The first-order valence-corrected chi connectivity index (χ1v) is 7.94. The lowest BCUT2D eigenvalue weighted by molar-refractivity contribution is -0.120. The van der Waals surface area contributed by atoms with E-state index >= 15 is 0 Å². The highest BCUT2D eigenvalue weighted by atomic mass is 35.5. The Morgan fingerprint density at radius 1 is 1.13 bits per heavy atom. The summed E-state index contributed by atoms with van der Waals surface area (Å²) in [6.45, 7) is 1.21. The molecule has 23 heavy (non-hydrogen) atoms. The highest BCUT2D eigenvalue weighted by Gasteiger charge is 2.02. The molecule has 0 aliphatic rings. The Labute approximate surface area is 141 Å². The van der Waals surface area contributed by atoms with Crippen LogP contribution in [0.1, 0.15) is 12.0 Å². The van der Waals surface area contributed by atoms with Gasteiger partial charge < -0.3 is 15.4 Å². The summed E-state index contributed by atoms with van der Waals surface area (Å²) in [4.78, 5) is 11.8. The van der Waals surface area contributed by atoms with E-state index in [0.29, 0.717) is 19.5 Å². The average molecular weight is 333 g/mol. The SMILES string of the molecule is COc1cccc(NCCC(=O)NCCc2ccc(Cl)cc2)c1. The maximum Gasteiger partial charge on any atom is 0.221 e. The van der Waals surface area contributed by atoms with E-state index in [0.717, 1.165) is 28.4 Å². The van der Waals surface area contributed by atoms with Crippen molar-refractivity contribution >= 4 is 23.2 Å². The molecular formula is C18H21ClN2O2. The van der Waals surface area contributed by atoms with Crippen LogP contribution in [0, 0.1) is 0 Å². The summed E-state index contributed by atoms with van der Waals surface area (Å²) in [7, 11) is 1.63. The van der Waals surface area contributed by atoms with Crippen LogP contribution in [0.3, 0.4) is 0 Å². The van der Waals surface area contributed by atoms with Crippen LogP contribution in [0.4, 0.5) is 5.69 Å². The van der Waals surface area contributed by atoms with Gasteiger partial charge in [0.15, 0.2) is 0 Å². The van der Waals surface area contributed by atoms with Crippen molar-refractivity contribution in [2.75, 3.05) is 25.5 Å². The van der Waals surface area contributed by atoms with Crippen molar-refractivity contribution in [3.05, 3.63) is 59.1 Å². The van der Waals surface area contributed by atoms with Crippen molar-refractivity contribution in [3.8, 4) is 5.75 Å². The first-order valence-electron chi connectivity index (χ1n) is 7.56. The molecule has 0 fully saturated rings. The van der Waals surface area contributed by atoms with Crippen LogP contribution in [-0.4, -0.2) is 26.1 Å². The second kappa shape index (κ2) is 9.06. The normalized spacial score (nSPS) is 10.2. The fraction of sp³-hybridized carbons (Fsp3) is 0.278. The molecule has 2 N–H and O–H groups in total. The molecule has 5 heteroatoms. The summed E-state index contributed by atoms with van der Waals surface area (Å²) in [5, 5.41) is 6.85. The van der Waals surface area contributed by atoms with E-state index < -0.39 is 0 Å². The number of hydrogen-bond donors (Lipinski definition) is 2. The van der Waals surface area contributed by atoms with Gasteiger partial charge in [0.1, 0.15) is 5.75 Å². The predicted octanol–water partition coefficient (Wildman–Crippen LogP) is 3.51. The predicted molar refractivity (Wildman–Crippen MR) is 94.3 cm³/mol. The zero-order valence-corrected chi connectivity index (χ0v) is 13.9. The van der Waals surface area contributed by atoms with Crippen molar-refractivity contribution in [2.24, 2.45) is 0 Å². The van der Waals surface area contributed by atoms with Gasteiger partial charge in [0.2, 0.25) is 5.91 Å². The second-order valence-electron chi connectivity index (χ2n) is 5.14. The first-order chi connectivity index (χ1) is 11.2. The zero-order chi connectivity index (χ0) is 16.5. The number of methoxy groups -OCH3 is 1. The number of benzene rings is 2. The maximum atomic E-state index is 11.8. The molecule has 0 bridgehead atoms. The standard InChI is InChI=1S/C18H21ClN2O2/c1-23-17-4-2-3-16(13-17)20-12-10-18(22)21-11-9-14-5-7-15(19)8-6-14/h2-8,13,20H,9-12H2,1H3,(H,21,22). The van der Waals surface area contributed by atoms with Crippen molar-refractivity contribution in [3.63, 3.8) is 0 Å². The van der Waals surface area contributed by atoms with Gasteiger partial charge in [-0.05, 0) is 36.2 Å². The van der Waals surface area contributed by atoms with E-state index in [1.54, 1.807) is 7.11 Å². The third-order valence-corrected chi connectivity index (χ3v) is 3.65. The molecule has 0 saturated carbocycles. The number of carbonyl (C=O) groups is 1. The van der Waals surface area contributed by atoms with Gasteiger partial charge in [-0.15, -0.1) is 0 Å². The summed E-state index contributed by atoms with van der Waals surface area (Å²) in [6, 6.07) is 15.3. The number of rotatable bonds is 8. The molecule has 2 rings (SSSR count). The van der Waals surface area contributed by atoms with E-state index in [1.165, 1.54) is 0 Å². The number of amides is 1. The van der Waals surface area contributed by atoms with E-state index in [-0.39, 0.29) is 5.91 Å². The summed E-state index contributed by atoms with van der Waals surface area (Å²) >= 11 is 5.84. The molecule has 0 spiro atoms. The number of halogens is 1. The number of carbonyl (C=O) groups excluding carboxylic acids is 1. The third kappa shape index (κ3) is 6.20. The zero-order valence-electron chi connectivity index (χ0n) is 13.1. The van der Waals surface area contributed by atoms with Gasteiger partial charge in [-0.25, -0.2) is 0 Å². The molecular weight excluding hydrogens is 312 g/mol. The van der Waals surface area contributed by atoms with Crippen molar-refractivity contribution < 1.29 is 9.53 Å². The van der Waals surface area contributed by atoms with Gasteiger partial charge in [0, 0.05) is 36.3 Å². The Kier molecular flexibility index (Phi) is 6.76. The number of anilines is 1. The van der Waals surface area contributed by atoms with Gasteiger partial charge in [0.05, 0.1) is 7.11 Å². The number of nitrogens with one attached hydrogen (secondary N) is 2. The molecule has 0 heterocycles. The average Bonchev–Trinajstić information content (AvgIpc) is 2.57. The maximum absolute atomic E-state index is 11.8. The Morgan fingerprint density at radius 3 is 2.65 bits per heavy atom. The fourth-order valence-electron chi connectivity index (χ4n) is 2.14. The minimum Gasteiger partial charge on any atom is -0.497 e. The van der Waals surface area contributed by atoms with Gasteiger partial charge >= 0.3 is 0 Å². The quantitative estimate of drug-likeness (QED) is 0.777. The lowest BCUT2D eigenvalue weighted by Gasteiger charge is -2.09. The number of ether oxygens (including phenoxy) is 1. The lowest BCUT2D eigenvalue weighted by Crippen LogP contribution is -2.27. The molecule has 0 saturated heterocycles. The van der Waals surface area contributed by atoms with Crippen LogP contribution in [0.2, 0.25) is 5.02 Å². The van der Waals surface area contributed by atoms with Gasteiger partial charge in [-0.1, -0.05) is 29.8 Å². The van der Waals surface area contributed by atoms with E-state index in [2.05, 4.69) is 10.6 Å². The van der Waals surface area contributed by atoms with E-state index in [4.69, 9.17) is 16.3 Å². The van der Waals surface area contributed by atoms with Crippen molar-refractivity contribution in [1.29, 1.82) is 0 Å². The molecule has 0 aliphatic heterocycles. The first kappa shape index (κ1) is 17.2. The fourth-order valence-corrected chi connectivity index (χ4v) is 2.27. The van der Waals surface area contributed by atoms with E-state index in [1.807, 2.05) is 48.5 Å². The topological polar surface area (TPSA) is 50.4 Å². The van der Waals surface area contributed by atoms with Crippen LogP contribution >= 0.6 is 11.6 Å². The van der Waals surface area contributed by atoms with Gasteiger partial charge in [0.25, 0.3) is 0 Å². The monoisotopic (exact) mass is 332 g/mol. The van der Waals surface area contributed by atoms with Crippen LogP contribution in [-0.2, 0) is 11.2 Å². The Hall–Kier alpha value is -2.20. The summed E-state index contributed by atoms with van der Waals surface area (Å²) in [5.41, 5.74) is 2.10. The Balaban J connectivity index is 1.64. The van der Waals surface area contributed by atoms with Crippen LogP contribution in [0.15, 0.2) is 48.5 Å². The minimum absolute atomic E-state index is 0.0364. The van der Waals surface area contributed by atoms with E-state index in [9.17, 15) is 4.79 Å². The molecule has 0 aliphatic carbocycles. The molecule has 2 aromatic carbocycles. The highest BCUT2D eigenvalue weighted by Crippen LogP contribution is 2.16. The van der Waals surface area contributed by atoms with Crippen LogP contribution in [0.5, 0.6) is 5.75 Å². The largest absolute Gasteiger partial charge is 0.497 e. The Bertz CT molecular complexity index is 629. The molecule has 0 radical (unpaired) electrons. The summed E-state index contributed by atoms with van der Waals surface area (Å²) < 4.78 is 5.16. The molecule has 122 valence electrons. The molecule has 2 aromatic rings. The highest BCUT2D eigenvalue weighted by molar-refractivity contribution is 6.30. The lowest BCUT2D eigenvalue weighted by atomic mass is 10.1. The molecule has 1 amide bonds. The number of hydrogen-bond acceptors (Lipinski definition) is 3. The van der Waals surface area contributed by atoms with Gasteiger partial charge in [-0.2, -0.15) is 0 Å². The Morgan fingerprint density at radius 2 is 1.91 bits per heavy atom. The minimum atomic E-state index is 0.0364. The van der Waals surface area contributed by atoms with Gasteiger partial charge in [-0.3, -0.25) is 4.79 Å². The molecule has 0 unspecified atom stereocenters. The van der Waals surface area contributed by atoms with Crippen LogP contribution < -0.4 is 15.4 Å².